The summed E-state index contributed by atoms with van der Waals surface area (Å²) in [4.78, 5) is 20.8. The Labute approximate surface area is 172 Å². The van der Waals surface area contributed by atoms with Gasteiger partial charge in [-0.15, -0.1) is 0 Å². The van der Waals surface area contributed by atoms with Gasteiger partial charge in [0.2, 0.25) is 0 Å². The van der Waals surface area contributed by atoms with Crippen LogP contribution in [-0.2, 0) is 4.74 Å². The molecular weight excluding hydrogens is 374 g/mol. The van der Waals surface area contributed by atoms with E-state index < -0.39 is 5.60 Å². The standard InChI is InChI=1S/C22H30ClN3O2/c1-13(2)15-8-9-18(17-11-24-20(23)10-16(15)17)26-12-19(14(26)3)25(7)21(27)28-22(4,5)6/h8-11,13-14,19H,12H2,1-7H3/t14-,19+/m1/s1. The average Bonchev–Trinajstić information content (AvgIpc) is 2.58. The molecular formula is C22H30ClN3O2. The minimum atomic E-state index is -0.494. The van der Waals surface area contributed by atoms with E-state index in [1.165, 1.54) is 5.56 Å². The Morgan fingerprint density at radius 1 is 1.32 bits per heavy atom. The molecule has 1 amide bonds. The molecule has 5 nitrogen and oxygen atoms in total. The highest BCUT2D eigenvalue weighted by Gasteiger charge is 2.41. The van der Waals surface area contributed by atoms with Crippen molar-refractivity contribution in [2.45, 2.75) is 65.1 Å². The molecule has 152 valence electrons. The number of carbonyl (C=O) groups is 1. The predicted octanol–water partition coefficient (Wildman–Crippen LogP) is 5.46. The Kier molecular flexibility index (Phi) is 5.50. The van der Waals surface area contributed by atoms with Crippen molar-refractivity contribution in [3.63, 3.8) is 0 Å². The summed E-state index contributed by atoms with van der Waals surface area (Å²) in [5.74, 6) is 0.398. The Morgan fingerprint density at radius 2 is 2.00 bits per heavy atom. The van der Waals surface area contributed by atoms with E-state index in [9.17, 15) is 4.79 Å². The molecule has 1 aromatic carbocycles. The van der Waals surface area contributed by atoms with Gasteiger partial charge >= 0.3 is 6.09 Å². The Hall–Kier alpha value is -2.01. The number of nitrogens with zero attached hydrogens (tertiary/aromatic N) is 3. The lowest BCUT2D eigenvalue weighted by molar-refractivity contribution is 0.0153. The summed E-state index contributed by atoms with van der Waals surface area (Å²) >= 11 is 6.17. The molecule has 3 rings (SSSR count). The second-order valence-electron chi connectivity index (χ2n) is 8.93. The van der Waals surface area contributed by atoms with Gasteiger partial charge < -0.3 is 14.5 Å². The van der Waals surface area contributed by atoms with Crippen molar-refractivity contribution in [3.8, 4) is 0 Å². The van der Waals surface area contributed by atoms with Crippen molar-refractivity contribution >= 4 is 34.2 Å². The van der Waals surface area contributed by atoms with Gasteiger partial charge in [0.25, 0.3) is 0 Å². The number of benzene rings is 1. The van der Waals surface area contributed by atoms with Crippen LogP contribution in [0.15, 0.2) is 24.4 Å². The van der Waals surface area contributed by atoms with Crippen LogP contribution in [0.4, 0.5) is 10.5 Å². The van der Waals surface area contributed by atoms with Gasteiger partial charge in [0, 0.05) is 36.9 Å². The van der Waals surface area contributed by atoms with Crippen LogP contribution in [0, 0.1) is 0 Å². The SMILES string of the molecule is CC(C)c1ccc(N2C[C@H](N(C)C(=O)OC(C)(C)C)[C@H]2C)c2cnc(Cl)cc12. The molecule has 1 fully saturated rings. The summed E-state index contributed by atoms with van der Waals surface area (Å²) in [6, 6.07) is 6.57. The smallest absolute Gasteiger partial charge is 0.410 e. The topological polar surface area (TPSA) is 45.7 Å². The van der Waals surface area contributed by atoms with Crippen molar-refractivity contribution in [1.29, 1.82) is 0 Å². The van der Waals surface area contributed by atoms with Crippen molar-refractivity contribution in [1.82, 2.24) is 9.88 Å². The van der Waals surface area contributed by atoms with Crippen LogP contribution < -0.4 is 4.90 Å². The number of pyridine rings is 1. The number of anilines is 1. The van der Waals surface area contributed by atoms with Crippen LogP contribution in [0.3, 0.4) is 0 Å². The molecule has 28 heavy (non-hydrogen) atoms. The Balaban J connectivity index is 1.86. The normalized spacial score (nSPS) is 19.7. The maximum atomic E-state index is 12.4. The predicted molar refractivity (Wildman–Crippen MR) is 115 cm³/mol. The largest absolute Gasteiger partial charge is 0.444 e. The lowest BCUT2D eigenvalue weighted by Crippen LogP contribution is -2.66. The summed E-state index contributed by atoms with van der Waals surface area (Å²) in [6.07, 6.45) is 1.58. The molecule has 1 saturated heterocycles. The van der Waals surface area contributed by atoms with Crippen molar-refractivity contribution < 1.29 is 9.53 Å². The Morgan fingerprint density at radius 3 is 2.57 bits per heavy atom. The van der Waals surface area contributed by atoms with E-state index in [-0.39, 0.29) is 18.2 Å². The second kappa shape index (κ2) is 7.43. The van der Waals surface area contributed by atoms with Crippen LogP contribution in [0.2, 0.25) is 5.15 Å². The average molecular weight is 404 g/mol. The number of amides is 1. The molecule has 0 saturated carbocycles. The van der Waals surface area contributed by atoms with Crippen LogP contribution in [0.25, 0.3) is 10.8 Å². The minimum absolute atomic E-state index is 0.106. The number of aromatic nitrogens is 1. The highest BCUT2D eigenvalue weighted by Crippen LogP contribution is 2.38. The molecule has 2 atom stereocenters. The number of carbonyl (C=O) groups excluding carboxylic acids is 1. The van der Waals surface area contributed by atoms with Gasteiger partial charge in [-0.05, 0) is 56.7 Å². The van der Waals surface area contributed by atoms with E-state index in [0.717, 1.165) is 23.0 Å². The van der Waals surface area contributed by atoms with Crippen LogP contribution in [0.1, 0.15) is 53.0 Å². The molecule has 0 spiro atoms. The van der Waals surface area contributed by atoms with Crippen LogP contribution in [-0.4, -0.2) is 47.3 Å². The molecule has 0 bridgehead atoms. The van der Waals surface area contributed by atoms with Gasteiger partial charge in [0.15, 0.2) is 0 Å². The van der Waals surface area contributed by atoms with Crippen molar-refractivity contribution in [2.24, 2.45) is 0 Å². The van der Waals surface area contributed by atoms with E-state index in [0.29, 0.717) is 11.1 Å². The number of rotatable bonds is 3. The van der Waals surface area contributed by atoms with Crippen molar-refractivity contribution in [2.75, 3.05) is 18.5 Å². The zero-order chi connectivity index (χ0) is 20.8. The first-order chi connectivity index (χ1) is 13.0. The summed E-state index contributed by atoms with van der Waals surface area (Å²) < 4.78 is 5.51. The van der Waals surface area contributed by atoms with Gasteiger partial charge in [-0.25, -0.2) is 9.78 Å². The molecule has 0 radical (unpaired) electrons. The fraction of sp³-hybridized carbons (Fsp3) is 0.545. The van der Waals surface area contributed by atoms with E-state index in [4.69, 9.17) is 16.3 Å². The molecule has 0 N–H and O–H groups in total. The molecule has 0 aliphatic carbocycles. The maximum absolute atomic E-state index is 12.4. The number of fused-ring (bicyclic) bond motifs is 1. The second-order valence-corrected chi connectivity index (χ2v) is 9.32. The third kappa shape index (κ3) is 3.90. The van der Waals surface area contributed by atoms with E-state index in [2.05, 4.69) is 42.8 Å². The fourth-order valence-electron chi connectivity index (χ4n) is 3.80. The van der Waals surface area contributed by atoms with E-state index in [1.807, 2.05) is 40.1 Å². The monoisotopic (exact) mass is 403 g/mol. The van der Waals surface area contributed by atoms with E-state index in [1.54, 1.807) is 4.90 Å². The molecule has 2 aromatic rings. The molecule has 0 unspecified atom stereocenters. The Bertz CT molecular complexity index is 891. The first kappa shape index (κ1) is 20.7. The molecule has 6 heteroatoms. The fourth-order valence-corrected chi connectivity index (χ4v) is 3.96. The van der Waals surface area contributed by atoms with Gasteiger partial charge in [0.1, 0.15) is 10.8 Å². The lowest BCUT2D eigenvalue weighted by Gasteiger charge is -2.51. The molecule has 1 aromatic heterocycles. The number of hydrogen-bond acceptors (Lipinski definition) is 4. The molecule has 1 aliphatic heterocycles. The summed E-state index contributed by atoms with van der Waals surface area (Å²) in [5.41, 5.74) is 1.90. The van der Waals surface area contributed by atoms with Gasteiger partial charge in [-0.1, -0.05) is 31.5 Å². The van der Waals surface area contributed by atoms with E-state index >= 15 is 0 Å². The summed E-state index contributed by atoms with van der Waals surface area (Å²) in [7, 11) is 1.81. The number of likely N-dealkylation sites (N-methyl/N-ethyl adjacent to an activating group) is 1. The first-order valence-electron chi connectivity index (χ1n) is 9.80. The summed E-state index contributed by atoms with van der Waals surface area (Å²) in [6.45, 7) is 12.9. The van der Waals surface area contributed by atoms with Crippen LogP contribution >= 0.6 is 11.6 Å². The first-order valence-corrected chi connectivity index (χ1v) is 10.2. The highest BCUT2D eigenvalue weighted by atomic mass is 35.5. The van der Waals surface area contributed by atoms with Crippen LogP contribution in [0.5, 0.6) is 0 Å². The van der Waals surface area contributed by atoms with Gasteiger partial charge in [0.05, 0.1) is 6.04 Å². The van der Waals surface area contributed by atoms with Gasteiger partial charge in [-0.3, -0.25) is 0 Å². The molecule has 1 aliphatic rings. The quantitative estimate of drug-likeness (QED) is 0.638. The molecule has 2 heterocycles. The number of hydrogen-bond donors (Lipinski definition) is 0. The zero-order valence-corrected chi connectivity index (χ0v) is 18.5. The number of halogens is 1. The maximum Gasteiger partial charge on any atom is 0.410 e. The lowest BCUT2D eigenvalue weighted by atomic mass is 9.91. The summed E-state index contributed by atoms with van der Waals surface area (Å²) in [5, 5.41) is 2.75. The third-order valence-corrected chi connectivity index (χ3v) is 5.63. The van der Waals surface area contributed by atoms with Crippen molar-refractivity contribution in [3.05, 3.63) is 35.1 Å². The minimum Gasteiger partial charge on any atom is -0.444 e. The zero-order valence-electron chi connectivity index (χ0n) is 17.8. The van der Waals surface area contributed by atoms with Gasteiger partial charge in [-0.2, -0.15) is 0 Å². The number of ether oxygens (including phenoxy) is 1. The highest BCUT2D eigenvalue weighted by molar-refractivity contribution is 6.30. The third-order valence-electron chi connectivity index (χ3n) is 5.42.